The van der Waals surface area contributed by atoms with Crippen molar-refractivity contribution in [2.45, 2.75) is 6.61 Å². The van der Waals surface area contributed by atoms with Crippen LogP contribution in [0.3, 0.4) is 0 Å². The average Bonchev–Trinajstić information content (AvgIpc) is 2.62. The quantitative estimate of drug-likeness (QED) is 0.398. The lowest BCUT2D eigenvalue weighted by Crippen LogP contribution is -2.49. The molecule has 1 saturated heterocycles. The number of hydrogen-bond donors (Lipinski definition) is 1. The van der Waals surface area contributed by atoms with Gasteiger partial charge in [0, 0.05) is 13.1 Å². The van der Waals surface area contributed by atoms with Crippen LogP contribution < -0.4 is 0 Å². The maximum absolute atomic E-state index is 13.4. The molecule has 7 heteroatoms. The van der Waals surface area contributed by atoms with E-state index in [0.717, 1.165) is 11.8 Å². The third-order valence-corrected chi connectivity index (χ3v) is 3.80. The fourth-order valence-corrected chi connectivity index (χ4v) is 2.38. The highest BCUT2D eigenvalue weighted by Crippen LogP contribution is 2.16. The lowest BCUT2D eigenvalue weighted by Gasteiger charge is -2.35. The molecule has 3 rings (SSSR count). The second-order valence-electron chi connectivity index (χ2n) is 5.72. The molecule has 0 radical (unpaired) electrons. The van der Waals surface area contributed by atoms with Crippen LogP contribution in [-0.4, -0.2) is 40.5 Å². The summed E-state index contributed by atoms with van der Waals surface area (Å²) in [5, 5.41) is 11.2. The Hall–Kier alpha value is -3.40. The Morgan fingerprint density at radius 1 is 1.35 bits per heavy atom. The number of carbonyl (C=O) groups is 1. The Bertz CT molecular complexity index is 869. The molecule has 1 aromatic heterocycles. The summed E-state index contributed by atoms with van der Waals surface area (Å²) in [6.07, 6.45) is 0.544. The van der Waals surface area contributed by atoms with Crippen LogP contribution in [0.4, 0.5) is 9.18 Å². The Morgan fingerprint density at radius 2 is 2.12 bits per heavy atom. The predicted octanol–water partition coefficient (Wildman–Crippen LogP) is 2.65. The number of nitrogens with zero attached hydrogens (tertiary/aromatic N) is 3. The van der Waals surface area contributed by atoms with Crippen molar-refractivity contribution in [3.63, 3.8) is 0 Å². The third kappa shape index (κ3) is 4.36. The van der Waals surface area contributed by atoms with E-state index in [4.69, 9.17) is 9.94 Å². The average molecular weight is 353 g/mol. The van der Waals surface area contributed by atoms with Crippen LogP contribution in [0.15, 0.2) is 47.6 Å². The van der Waals surface area contributed by atoms with E-state index in [2.05, 4.69) is 22.0 Å². The molecule has 26 heavy (non-hydrogen) atoms. The van der Waals surface area contributed by atoms with Gasteiger partial charge >= 0.3 is 6.09 Å². The van der Waals surface area contributed by atoms with Gasteiger partial charge in [0.1, 0.15) is 18.0 Å². The van der Waals surface area contributed by atoms with Gasteiger partial charge in [0.15, 0.2) is 5.82 Å². The van der Waals surface area contributed by atoms with Crippen LogP contribution in [0.5, 0.6) is 0 Å². The maximum Gasteiger partial charge on any atom is 0.410 e. The molecule has 0 unspecified atom stereocenters. The standard InChI is InChI=1S/C19H16FN3O3/c20-17-9-8-16(22-18(17)10-21-25)7-6-15-11-23(12-15)19(24)26-13-14-4-2-1-3-5-14/h1-5,8-10,15,25H,11-13H2. The molecule has 2 heterocycles. The summed E-state index contributed by atoms with van der Waals surface area (Å²) in [5.41, 5.74) is 1.22. The van der Waals surface area contributed by atoms with Gasteiger partial charge in [-0.2, -0.15) is 0 Å². The van der Waals surface area contributed by atoms with E-state index in [0.29, 0.717) is 18.8 Å². The van der Waals surface area contributed by atoms with Crippen LogP contribution in [-0.2, 0) is 11.3 Å². The fourth-order valence-electron chi connectivity index (χ4n) is 2.38. The van der Waals surface area contributed by atoms with Gasteiger partial charge in [0.2, 0.25) is 0 Å². The molecule has 1 aromatic carbocycles. The normalized spacial score (nSPS) is 13.8. The number of benzene rings is 1. The van der Waals surface area contributed by atoms with Crippen molar-refractivity contribution in [3.8, 4) is 11.8 Å². The molecule has 0 bridgehead atoms. The number of ether oxygens (including phenoxy) is 1. The van der Waals surface area contributed by atoms with Crippen LogP contribution >= 0.6 is 0 Å². The number of halogens is 1. The summed E-state index contributed by atoms with van der Waals surface area (Å²) in [6.45, 7) is 1.20. The van der Waals surface area contributed by atoms with E-state index >= 15 is 0 Å². The summed E-state index contributed by atoms with van der Waals surface area (Å²) in [7, 11) is 0. The van der Waals surface area contributed by atoms with Crippen molar-refractivity contribution in [2.24, 2.45) is 11.1 Å². The zero-order valence-corrected chi connectivity index (χ0v) is 13.8. The molecule has 1 N–H and O–H groups in total. The number of likely N-dealkylation sites (tertiary alicyclic amines) is 1. The van der Waals surface area contributed by atoms with E-state index in [9.17, 15) is 9.18 Å². The monoisotopic (exact) mass is 353 g/mol. The van der Waals surface area contributed by atoms with Gasteiger partial charge < -0.3 is 14.8 Å². The van der Waals surface area contributed by atoms with Gasteiger partial charge in [-0.05, 0) is 23.6 Å². The van der Waals surface area contributed by atoms with E-state index in [-0.39, 0.29) is 24.3 Å². The Morgan fingerprint density at radius 3 is 2.85 bits per heavy atom. The number of hydrogen-bond acceptors (Lipinski definition) is 5. The molecule has 1 amide bonds. The molecule has 0 spiro atoms. The molecule has 0 atom stereocenters. The Labute approximate surface area is 149 Å². The zero-order chi connectivity index (χ0) is 18.4. The molecule has 132 valence electrons. The SMILES string of the molecule is O=C(OCc1ccccc1)N1CC(C#Cc2ccc(F)c(C=NO)n2)C1. The molecule has 1 aliphatic heterocycles. The Balaban J connectivity index is 1.49. The smallest absolute Gasteiger partial charge is 0.410 e. The highest BCUT2D eigenvalue weighted by atomic mass is 19.1. The first-order valence-corrected chi connectivity index (χ1v) is 7.97. The largest absolute Gasteiger partial charge is 0.445 e. The van der Waals surface area contributed by atoms with Crippen LogP contribution in [0.1, 0.15) is 17.0 Å². The van der Waals surface area contributed by atoms with Crippen molar-refractivity contribution in [3.05, 3.63) is 65.2 Å². The Kier molecular flexibility index (Phi) is 5.44. The van der Waals surface area contributed by atoms with Gasteiger partial charge in [0.05, 0.1) is 12.1 Å². The molecule has 1 aliphatic rings. The molecule has 2 aromatic rings. The summed E-state index contributed by atoms with van der Waals surface area (Å²) >= 11 is 0. The molecule has 0 aliphatic carbocycles. The van der Waals surface area contributed by atoms with Crippen molar-refractivity contribution < 1.29 is 19.1 Å². The van der Waals surface area contributed by atoms with Crippen molar-refractivity contribution in [2.75, 3.05) is 13.1 Å². The van der Waals surface area contributed by atoms with E-state index in [1.54, 1.807) is 4.90 Å². The number of aromatic nitrogens is 1. The first kappa shape index (κ1) is 17.4. The topological polar surface area (TPSA) is 75.0 Å². The highest BCUT2D eigenvalue weighted by molar-refractivity contribution is 5.76. The number of oxime groups is 1. The van der Waals surface area contributed by atoms with Gasteiger partial charge in [0.25, 0.3) is 0 Å². The second kappa shape index (κ2) is 8.12. The number of amides is 1. The lowest BCUT2D eigenvalue weighted by molar-refractivity contribution is 0.0624. The second-order valence-corrected chi connectivity index (χ2v) is 5.72. The molecule has 0 saturated carbocycles. The minimum atomic E-state index is -0.593. The maximum atomic E-state index is 13.4. The van der Waals surface area contributed by atoms with Crippen molar-refractivity contribution in [1.29, 1.82) is 0 Å². The lowest BCUT2D eigenvalue weighted by atomic mass is 10.0. The molecule has 1 fully saturated rings. The summed E-state index contributed by atoms with van der Waals surface area (Å²) in [4.78, 5) is 17.5. The fraction of sp³-hybridized carbons (Fsp3) is 0.211. The number of pyridine rings is 1. The summed E-state index contributed by atoms with van der Waals surface area (Å²) in [6, 6.07) is 12.1. The predicted molar refractivity (Wildman–Crippen MR) is 92.1 cm³/mol. The van der Waals surface area contributed by atoms with Gasteiger partial charge in [-0.15, -0.1) is 0 Å². The van der Waals surface area contributed by atoms with Gasteiger partial charge in [-0.25, -0.2) is 14.2 Å². The van der Waals surface area contributed by atoms with Crippen LogP contribution in [0, 0.1) is 23.6 Å². The van der Waals surface area contributed by atoms with E-state index in [1.165, 1.54) is 12.1 Å². The first-order valence-electron chi connectivity index (χ1n) is 7.97. The number of carbonyl (C=O) groups excluding carboxylic acids is 1. The van der Waals surface area contributed by atoms with Crippen molar-refractivity contribution in [1.82, 2.24) is 9.88 Å². The first-order chi connectivity index (χ1) is 12.7. The molecule has 6 nitrogen and oxygen atoms in total. The third-order valence-electron chi connectivity index (χ3n) is 3.80. The van der Waals surface area contributed by atoms with Crippen LogP contribution in [0.25, 0.3) is 0 Å². The van der Waals surface area contributed by atoms with Gasteiger partial charge in [-0.1, -0.05) is 41.4 Å². The van der Waals surface area contributed by atoms with E-state index in [1.807, 2.05) is 30.3 Å². The molecular formula is C19H16FN3O3. The summed E-state index contributed by atoms with van der Waals surface area (Å²) < 4.78 is 18.6. The minimum absolute atomic E-state index is 0.0149. The number of rotatable bonds is 3. The highest BCUT2D eigenvalue weighted by Gasteiger charge is 2.30. The zero-order valence-electron chi connectivity index (χ0n) is 13.8. The minimum Gasteiger partial charge on any atom is -0.445 e. The van der Waals surface area contributed by atoms with E-state index < -0.39 is 5.82 Å². The van der Waals surface area contributed by atoms with Crippen molar-refractivity contribution >= 4 is 12.3 Å². The van der Waals surface area contributed by atoms with Gasteiger partial charge in [-0.3, -0.25) is 0 Å². The molecular weight excluding hydrogens is 337 g/mol. The van der Waals surface area contributed by atoms with Crippen LogP contribution in [0.2, 0.25) is 0 Å². The summed E-state index contributed by atoms with van der Waals surface area (Å²) in [5.74, 6) is 5.25.